The van der Waals surface area contributed by atoms with Gasteiger partial charge in [0.05, 0.1) is 0 Å². The molecular weight excluding hydrogens is 372 g/mol. The number of carbonyl (C=O) groups is 1. The van der Waals surface area contributed by atoms with Gasteiger partial charge in [-0.3, -0.25) is 4.79 Å². The van der Waals surface area contributed by atoms with Crippen LogP contribution in [-0.2, 0) is 0 Å². The first-order valence-corrected chi connectivity index (χ1v) is 8.31. The minimum absolute atomic E-state index is 0. The summed E-state index contributed by atoms with van der Waals surface area (Å²) in [5, 5.41) is 8.70. The number of halogens is 3. The zero-order valence-electron chi connectivity index (χ0n) is 13.0. The van der Waals surface area contributed by atoms with Crippen LogP contribution in [0.4, 0.5) is 4.39 Å². The summed E-state index contributed by atoms with van der Waals surface area (Å²) in [7, 11) is 0. The number of thiazole rings is 1. The fourth-order valence-electron chi connectivity index (χ4n) is 2.54. The zero-order chi connectivity index (χ0) is 15.4. The van der Waals surface area contributed by atoms with Crippen molar-refractivity contribution in [2.75, 3.05) is 19.6 Å². The van der Waals surface area contributed by atoms with Gasteiger partial charge in [0, 0.05) is 17.5 Å². The summed E-state index contributed by atoms with van der Waals surface area (Å²) < 4.78 is 12.9. The second-order valence-corrected chi connectivity index (χ2v) is 6.31. The first-order valence-electron chi connectivity index (χ1n) is 7.43. The van der Waals surface area contributed by atoms with Crippen molar-refractivity contribution in [1.29, 1.82) is 0 Å². The van der Waals surface area contributed by atoms with E-state index in [2.05, 4.69) is 15.6 Å². The van der Waals surface area contributed by atoms with Gasteiger partial charge in [0.15, 0.2) is 0 Å². The lowest BCUT2D eigenvalue weighted by Crippen LogP contribution is -2.26. The first kappa shape index (κ1) is 20.8. The van der Waals surface area contributed by atoms with E-state index in [0.29, 0.717) is 18.2 Å². The molecule has 2 aromatic rings. The van der Waals surface area contributed by atoms with Crippen LogP contribution in [0.5, 0.6) is 0 Å². The van der Waals surface area contributed by atoms with Crippen LogP contribution in [0.25, 0.3) is 10.6 Å². The molecule has 2 N–H and O–H groups in total. The van der Waals surface area contributed by atoms with Crippen molar-refractivity contribution in [2.24, 2.45) is 5.92 Å². The van der Waals surface area contributed by atoms with E-state index >= 15 is 0 Å². The number of amides is 1. The van der Waals surface area contributed by atoms with Gasteiger partial charge in [-0.2, -0.15) is 0 Å². The number of nitrogens with one attached hydrogen (secondary N) is 2. The molecule has 0 radical (unpaired) electrons. The minimum Gasteiger partial charge on any atom is -0.351 e. The Labute approximate surface area is 157 Å². The largest absolute Gasteiger partial charge is 0.351 e. The lowest BCUT2D eigenvalue weighted by molar-refractivity contribution is 0.0947. The van der Waals surface area contributed by atoms with E-state index in [1.165, 1.54) is 29.9 Å². The molecule has 8 heteroatoms. The van der Waals surface area contributed by atoms with E-state index in [1.54, 1.807) is 17.5 Å². The average Bonchev–Trinajstić information content (AvgIpc) is 3.19. The maximum absolute atomic E-state index is 12.9. The summed E-state index contributed by atoms with van der Waals surface area (Å²) in [6, 6.07) is 6.13. The lowest BCUT2D eigenvalue weighted by atomic mass is 10.1. The SMILES string of the molecule is Cl.Cl.O=C(NCCC1CCNC1)c1csc(-c2ccc(F)cc2)n1. The monoisotopic (exact) mass is 391 g/mol. The van der Waals surface area contributed by atoms with Gasteiger partial charge in [0.1, 0.15) is 16.5 Å². The molecule has 1 aromatic carbocycles. The molecule has 132 valence electrons. The standard InChI is InChI=1S/C16H18FN3OS.2ClH/c17-13-3-1-12(2-4-13)16-20-14(10-22-16)15(21)19-8-6-11-5-7-18-9-11;;/h1-4,10-11,18H,5-9H2,(H,19,21);2*1H. The summed E-state index contributed by atoms with van der Waals surface area (Å²) in [5.41, 5.74) is 1.25. The van der Waals surface area contributed by atoms with Gasteiger partial charge >= 0.3 is 0 Å². The molecule has 1 unspecified atom stereocenters. The highest BCUT2D eigenvalue weighted by molar-refractivity contribution is 7.13. The smallest absolute Gasteiger partial charge is 0.270 e. The number of carbonyl (C=O) groups excluding carboxylic acids is 1. The molecule has 1 atom stereocenters. The maximum atomic E-state index is 12.9. The molecule has 1 aliphatic rings. The highest BCUT2D eigenvalue weighted by Crippen LogP contribution is 2.23. The number of hydrogen-bond donors (Lipinski definition) is 2. The Morgan fingerprint density at radius 2 is 2.08 bits per heavy atom. The number of nitrogens with zero attached hydrogens (tertiary/aromatic N) is 1. The number of rotatable bonds is 5. The van der Waals surface area contributed by atoms with Crippen molar-refractivity contribution in [3.05, 3.63) is 41.2 Å². The van der Waals surface area contributed by atoms with E-state index in [1.807, 2.05) is 0 Å². The Hall–Kier alpha value is -1.21. The molecule has 1 fully saturated rings. The van der Waals surface area contributed by atoms with Crippen molar-refractivity contribution >= 4 is 42.1 Å². The van der Waals surface area contributed by atoms with Crippen molar-refractivity contribution < 1.29 is 9.18 Å². The molecule has 1 aromatic heterocycles. The molecule has 1 amide bonds. The normalized spacial score (nSPS) is 16.1. The summed E-state index contributed by atoms with van der Waals surface area (Å²) >= 11 is 1.39. The summed E-state index contributed by atoms with van der Waals surface area (Å²) in [4.78, 5) is 16.4. The van der Waals surface area contributed by atoms with Crippen LogP contribution in [0.2, 0.25) is 0 Å². The van der Waals surface area contributed by atoms with Crippen molar-refractivity contribution in [3.63, 3.8) is 0 Å². The third-order valence-electron chi connectivity index (χ3n) is 3.83. The maximum Gasteiger partial charge on any atom is 0.270 e. The van der Waals surface area contributed by atoms with Crippen LogP contribution < -0.4 is 10.6 Å². The Bertz CT molecular complexity index is 645. The fraction of sp³-hybridized carbons (Fsp3) is 0.375. The van der Waals surface area contributed by atoms with Crippen molar-refractivity contribution in [3.8, 4) is 10.6 Å². The van der Waals surface area contributed by atoms with Gasteiger partial charge in [-0.1, -0.05) is 0 Å². The fourth-order valence-corrected chi connectivity index (χ4v) is 3.35. The number of hydrogen-bond acceptors (Lipinski definition) is 4. The molecule has 2 heterocycles. The summed E-state index contributed by atoms with van der Waals surface area (Å²) in [6.07, 6.45) is 2.18. The Morgan fingerprint density at radius 1 is 1.33 bits per heavy atom. The quantitative estimate of drug-likeness (QED) is 0.819. The summed E-state index contributed by atoms with van der Waals surface area (Å²) in [6.45, 7) is 2.79. The van der Waals surface area contributed by atoms with Crippen LogP contribution in [0, 0.1) is 11.7 Å². The van der Waals surface area contributed by atoms with Crippen LogP contribution in [0.1, 0.15) is 23.3 Å². The number of aromatic nitrogens is 1. The lowest BCUT2D eigenvalue weighted by Gasteiger charge is -2.08. The zero-order valence-corrected chi connectivity index (χ0v) is 15.4. The van der Waals surface area contributed by atoms with E-state index in [9.17, 15) is 9.18 Å². The third kappa shape index (κ3) is 5.41. The molecule has 0 aliphatic carbocycles. The van der Waals surface area contributed by atoms with Gasteiger partial charge in [0.25, 0.3) is 5.91 Å². The molecule has 4 nitrogen and oxygen atoms in total. The highest BCUT2D eigenvalue weighted by Gasteiger charge is 2.15. The average molecular weight is 392 g/mol. The predicted octanol–water partition coefficient (Wildman–Crippen LogP) is 3.52. The predicted molar refractivity (Wildman–Crippen MR) is 99.9 cm³/mol. The van der Waals surface area contributed by atoms with E-state index < -0.39 is 0 Å². The molecule has 0 saturated carbocycles. The summed E-state index contributed by atoms with van der Waals surface area (Å²) in [5.74, 6) is 0.237. The topological polar surface area (TPSA) is 54.0 Å². The van der Waals surface area contributed by atoms with E-state index in [0.717, 1.165) is 30.1 Å². The molecule has 0 spiro atoms. The first-order chi connectivity index (χ1) is 10.7. The second-order valence-electron chi connectivity index (χ2n) is 5.45. The molecule has 3 rings (SSSR count). The van der Waals surface area contributed by atoms with Crippen LogP contribution in [0.3, 0.4) is 0 Å². The van der Waals surface area contributed by atoms with E-state index in [4.69, 9.17) is 0 Å². The molecule has 0 bridgehead atoms. The molecule has 1 saturated heterocycles. The van der Waals surface area contributed by atoms with Gasteiger partial charge in [-0.15, -0.1) is 36.2 Å². The van der Waals surface area contributed by atoms with Crippen molar-refractivity contribution in [2.45, 2.75) is 12.8 Å². The minimum atomic E-state index is -0.278. The van der Waals surface area contributed by atoms with Crippen LogP contribution in [-0.4, -0.2) is 30.5 Å². The number of benzene rings is 1. The molecular formula is C16H20Cl2FN3OS. The van der Waals surface area contributed by atoms with Crippen molar-refractivity contribution in [1.82, 2.24) is 15.6 Å². The molecule has 24 heavy (non-hydrogen) atoms. The Morgan fingerprint density at radius 3 is 2.75 bits per heavy atom. The van der Waals surface area contributed by atoms with Gasteiger partial charge < -0.3 is 10.6 Å². The van der Waals surface area contributed by atoms with Gasteiger partial charge in [-0.25, -0.2) is 9.37 Å². The van der Waals surface area contributed by atoms with Gasteiger partial charge in [-0.05, 0) is 56.1 Å². The van der Waals surface area contributed by atoms with Gasteiger partial charge in [0.2, 0.25) is 0 Å². The molecule has 1 aliphatic heterocycles. The third-order valence-corrected chi connectivity index (χ3v) is 4.72. The second kappa shape index (κ2) is 9.93. The Kier molecular flexibility index (Phi) is 8.62. The Balaban J connectivity index is 0.00000144. The highest BCUT2D eigenvalue weighted by atomic mass is 35.5. The van der Waals surface area contributed by atoms with Crippen LogP contribution in [0.15, 0.2) is 29.6 Å². The van der Waals surface area contributed by atoms with Crippen LogP contribution >= 0.6 is 36.2 Å². The van der Waals surface area contributed by atoms with E-state index in [-0.39, 0.29) is 36.5 Å².